The molecule has 148 valence electrons. The van der Waals surface area contributed by atoms with Crippen LogP contribution in [0.4, 0.5) is 5.69 Å². The normalized spacial score (nSPS) is 15.6. The van der Waals surface area contributed by atoms with E-state index in [-0.39, 0.29) is 24.4 Å². The Balaban J connectivity index is 1.52. The Kier molecular flexibility index (Phi) is 6.41. The number of nitrogens with zero attached hydrogens (tertiary/aromatic N) is 1. The van der Waals surface area contributed by atoms with E-state index in [1.807, 2.05) is 38.1 Å². The van der Waals surface area contributed by atoms with Gasteiger partial charge in [0.2, 0.25) is 5.91 Å². The molecule has 3 rings (SSSR count). The van der Waals surface area contributed by atoms with Crippen molar-refractivity contribution >= 4 is 29.1 Å². The zero-order valence-electron chi connectivity index (χ0n) is 16.0. The van der Waals surface area contributed by atoms with Crippen LogP contribution in [0.2, 0.25) is 5.02 Å². The molecule has 0 bridgehead atoms. The van der Waals surface area contributed by atoms with Crippen LogP contribution in [0.15, 0.2) is 42.5 Å². The van der Waals surface area contributed by atoms with Crippen LogP contribution in [-0.4, -0.2) is 29.6 Å². The molecule has 7 heteroatoms. The van der Waals surface area contributed by atoms with Crippen molar-refractivity contribution in [1.29, 1.82) is 0 Å². The number of amides is 2. The van der Waals surface area contributed by atoms with E-state index in [1.165, 1.54) is 5.01 Å². The van der Waals surface area contributed by atoms with Gasteiger partial charge in [0.25, 0.3) is 5.91 Å². The third kappa shape index (κ3) is 4.57. The van der Waals surface area contributed by atoms with Crippen molar-refractivity contribution in [2.45, 2.75) is 39.3 Å². The molecule has 0 aliphatic carbocycles. The van der Waals surface area contributed by atoms with E-state index in [4.69, 9.17) is 16.3 Å². The second kappa shape index (κ2) is 8.97. The van der Waals surface area contributed by atoms with Crippen LogP contribution in [0.5, 0.6) is 5.75 Å². The number of hydrogen-bond donors (Lipinski definition) is 2. The molecule has 2 aromatic rings. The van der Waals surface area contributed by atoms with Crippen LogP contribution in [0.3, 0.4) is 0 Å². The number of benzene rings is 2. The summed E-state index contributed by atoms with van der Waals surface area (Å²) in [4.78, 5) is 25.1. The Morgan fingerprint density at radius 3 is 2.82 bits per heavy atom. The van der Waals surface area contributed by atoms with Crippen molar-refractivity contribution in [3.05, 3.63) is 58.6 Å². The first-order chi connectivity index (χ1) is 13.5. The van der Waals surface area contributed by atoms with Gasteiger partial charge in [0.15, 0.2) is 0 Å². The molecule has 2 N–H and O–H groups in total. The van der Waals surface area contributed by atoms with Crippen molar-refractivity contribution in [2.24, 2.45) is 0 Å². The number of fused-ring (bicyclic) bond motifs is 1. The van der Waals surface area contributed by atoms with Gasteiger partial charge in [0.05, 0.1) is 12.2 Å². The highest BCUT2D eigenvalue weighted by Crippen LogP contribution is 2.25. The van der Waals surface area contributed by atoms with Crippen LogP contribution in [-0.2, 0) is 4.79 Å². The molecule has 1 unspecified atom stereocenters. The van der Waals surface area contributed by atoms with Gasteiger partial charge in [-0.05, 0) is 55.7 Å². The summed E-state index contributed by atoms with van der Waals surface area (Å²) < 4.78 is 5.71. The SMILES string of the molecule is CCC1Nc2ccccc2C(=O)N1NC(=O)CCCOc1ccc(Cl)cc1C. The lowest BCUT2D eigenvalue weighted by molar-refractivity contribution is -0.126. The summed E-state index contributed by atoms with van der Waals surface area (Å²) in [7, 11) is 0. The molecule has 6 nitrogen and oxygen atoms in total. The second-order valence-corrected chi connectivity index (χ2v) is 7.12. The predicted octanol–water partition coefficient (Wildman–Crippen LogP) is 4.14. The maximum Gasteiger partial charge on any atom is 0.276 e. The topological polar surface area (TPSA) is 70.7 Å². The number of rotatable bonds is 7. The van der Waals surface area contributed by atoms with Gasteiger partial charge < -0.3 is 10.1 Å². The number of hydrazine groups is 1. The molecule has 0 saturated heterocycles. The molecule has 1 heterocycles. The summed E-state index contributed by atoms with van der Waals surface area (Å²) in [5.74, 6) is 0.329. The lowest BCUT2D eigenvalue weighted by Crippen LogP contribution is -2.57. The van der Waals surface area contributed by atoms with Crippen molar-refractivity contribution in [3.8, 4) is 5.75 Å². The first-order valence-electron chi connectivity index (χ1n) is 9.37. The van der Waals surface area contributed by atoms with Crippen LogP contribution < -0.4 is 15.5 Å². The van der Waals surface area contributed by atoms with Gasteiger partial charge in [-0.2, -0.15) is 0 Å². The number of ether oxygens (including phenoxy) is 1. The Hall–Kier alpha value is -2.73. The van der Waals surface area contributed by atoms with Crippen LogP contribution in [0.25, 0.3) is 0 Å². The number of nitrogens with one attached hydrogen (secondary N) is 2. The number of anilines is 1. The maximum absolute atomic E-state index is 12.7. The zero-order chi connectivity index (χ0) is 20.1. The summed E-state index contributed by atoms with van der Waals surface area (Å²) in [6, 6.07) is 12.7. The first-order valence-corrected chi connectivity index (χ1v) is 9.75. The third-order valence-corrected chi connectivity index (χ3v) is 4.82. The van der Waals surface area contributed by atoms with Gasteiger partial charge in [-0.25, -0.2) is 5.01 Å². The number of halogens is 1. The summed E-state index contributed by atoms with van der Waals surface area (Å²) in [5.41, 5.74) is 5.03. The van der Waals surface area contributed by atoms with E-state index in [1.54, 1.807) is 18.2 Å². The molecule has 0 spiro atoms. The summed E-state index contributed by atoms with van der Waals surface area (Å²) in [6.07, 6.45) is 1.18. The summed E-state index contributed by atoms with van der Waals surface area (Å²) in [6.45, 7) is 4.29. The van der Waals surface area contributed by atoms with Crippen molar-refractivity contribution in [3.63, 3.8) is 0 Å². The minimum atomic E-state index is -0.278. The predicted molar refractivity (Wildman–Crippen MR) is 109 cm³/mol. The molecular weight excluding hydrogens is 378 g/mol. The van der Waals surface area contributed by atoms with E-state index in [0.29, 0.717) is 30.0 Å². The molecule has 1 atom stereocenters. The second-order valence-electron chi connectivity index (χ2n) is 6.69. The number of hydrogen-bond acceptors (Lipinski definition) is 4. The number of aryl methyl sites for hydroxylation is 1. The van der Waals surface area contributed by atoms with Gasteiger partial charge in [-0.3, -0.25) is 15.0 Å². The number of carbonyl (C=O) groups is 2. The zero-order valence-corrected chi connectivity index (χ0v) is 16.8. The fourth-order valence-corrected chi connectivity index (χ4v) is 3.33. The van der Waals surface area contributed by atoms with Gasteiger partial charge in [0.1, 0.15) is 11.9 Å². The Labute approximate surface area is 169 Å². The molecule has 1 aliphatic heterocycles. The average molecular weight is 402 g/mol. The molecular formula is C21H24ClN3O3. The Bertz CT molecular complexity index is 872. The maximum atomic E-state index is 12.7. The molecule has 0 saturated carbocycles. The van der Waals surface area contributed by atoms with E-state index in [9.17, 15) is 9.59 Å². The van der Waals surface area contributed by atoms with Crippen LogP contribution in [0, 0.1) is 6.92 Å². The fraction of sp³-hybridized carbons (Fsp3) is 0.333. The monoisotopic (exact) mass is 401 g/mol. The molecule has 0 aromatic heterocycles. The van der Waals surface area contributed by atoms with Gasteiger partial charge >= 0.3 is 0 Å². The highest BCUT2D eigenvalue weighted by molar-refractivity contribution is 6.30. The number of carbonyl (C=O) groups excluding carboxylic acids is 2. The Morgan fingerprint density at radius 1 is 1.29 bits per heavy atom. The molecule has 0 fully saturated rings. The standard InChI is InChI=1S/C21H24ClN3O3/c1-3-19-23-17-8-5-4-7-16(17)21(27)25(19)24-20(26)9-6-12-28-18-11-10-15(22)13-14(18)2/h4-5,7-8,10-11,13,19,23H,3,6,9,12H2,1-2H3,(H,24,26). The molecule has 1 aliphatic rings. The minimum Gasteiger partial charge on any atom is -0.493 e. The highest BCUT2D eigenvalue weighted by Gasteiger charge is 2.31. The molecule has 28 heavy (non-hydrogen) atoms. The first kappa shape index (κ1) is 20.0. The molecule has 2 aromatic carbocycles. The van der Waals surface area contributed by atoms with Gasteiger partial charge in [-0.15, -0.1) is 0 Å². The van der Waals surface area contributed by atoms with Gasteiger partial charge in [-0.1, -0.05) is 30.7 Å². The largest absolute Gasteiger partial charge is 0.493 e. The number of para-hydroxylation sites is 1. The van der Waals surface area contributed by atoms with Crippen molar-refractivity contribution in [2.75, 3.05) is 11.9 Å². The lowest BCUT2D eigenvalue weighted by Gasteiger charge is -2.37. The lowest BCUT2D eigenvalue weighted by atomic mass is 10.1. The molecule has 0 radical (unpaired) electrons. The minimum absolute atomic E-state index is 0.206. The van der Waals surface area contributed by atoms with E-state index in [0.717, 1.165) is 17.0 Å². The third-order valence-electron chi connectivity index (χ3n) is 4.58. The summed E-state index contributed by atoms with van der Waals surface area (Å²) in [5, 5.41) is 5.33. The van der Waals surface area contributed by atoms with E-state index >= 15 is 0 Å². The quantitative estimate of drug-likeness (QED) is 0.684. The average Bonchev–Trinajstić information content (AvgIpc) is 2.68. The van der Waals surface area contributed by atoms with E-state index in [2.05, 4.69) is 10.7 Å². The Morgan fingerprint density at radius 2 is 2.07 bits per heavy atom. The van der Waals surface area contributed by atoms with Crippen LogP contribution >= 0.6 is 11.6 Å². The van der Waals surface area contributed by atoms with Crippen molar-refractivity contribution < 1.29 is 14.3 Å². The molecule has 2 amide bonds. The van der Waals surface area contributed by atoms with Crippen LogP contribution in [0.1, 0.15) is 42.1 Å². The summed E-state index contributed by atoms with van der Waals surface area (Å²) >= 11 is 5.93. The van der Waals surface area contributed by atoms with E-state index < -0.39 is 0 Å². The van der Waals surface area contributed by atoms with Gasteiger partial charge in [0, 0.05) is 17.1 Å². The smallest absolute Gasteiger partial charge is 0.276 e. The van der Waals surface area contributed by atoms with Crippen molar-refractivity contribution in [1.82, 2.24) is 10.4 Å². The highest BCUT2D eigenvalue weighted by atomic mass is 35.5. The fourth-order valence-electron chi connectivity index (χ4n) is 3.10.